The molecular weight excluding hydrogens is 484 g/mol. The van der Waals surface area contributed by atoms with Crippen LogP contribution in [0.25, 0.3) is 11.1 Å². The molecule has 0 saturated carbocycles. The van der Waals surface area contributed by atoms with Gasteiger partial charge in [0.15, 0.2) is 9.84 Å². The van der Waals surface area contributed by atoms with Gasteiger partial charge in [-0.1, -0.05) is 66.2 Å². The highest BCUT2D eigenvalue weighted by atomic mass is 32.2. The maximum absolute atomic E-state index is 12.9. The Morgan fingerprint density at radius 2 is 1.54 bits per heavy atom. The number of hydrogen-bond acceptors (Lipinski definition) is 5. The Labute approximate surface area is 218 Å². The highest BCUT2D eigenvalue weighted by molar-refractivity contribution is 7.90. The molecule has 4 rings (SSSR count). The van der Waals surface area contributed by atoms with Crippen molar-refractivity contribution in [2.75, 3.05) is 22.8 Å². The van der Waals surface area contributed by atoms with Gasteiger partial charge < -0.3 is 15.4 Å². The molecule has 190 valence electrons. The summed E-state index contributed by atoms with van der Waals surface area (Å²) >= 11 is 0. The summed E-state index contributed by atoms with van der Waals surface area (Å²) < 4.78 is 29.5. The van der Waals surface area contributed by atoms with Gasteiger partial charge in [0.2, 0.25) is 0 Å². The molecule has 0 atom stereocenters. The number of carbonyl (C=O) groups excluding carboxylic acids is 1. The van der Waals surface area contributed by atoms with Crippen molar-refractivity contribution in [1.82, 2.24) is 0 Å². The van der Waals surface area contributed by atoms with Gasteiger partial charge in [0.1, 0.15) is 18.2 Å². The van der Waals surface area contributed by atoms with E-state index in [1.54, 1.807) is 30.3 Å². The summed E-state index contributed by atoms with van der Waals surface area (Å²) in [5.41, 5.74) is 6.95. The quantitative estimate of drug-likeness (QED) is 0.277. The number of ether oxygens (including phenoxy) is 1. The van der Waals surface area contributed by atoms with Crippen molar-refractivity contribution in [1.29, 1.82) is 0 Å². The number of hydrogen-bond donors (Lipinski definition) is 2. The molecule has 0 unspecified atom stereocenters. The zero-order valence-electron chi connectivity index (χ0n) is 21.1. The molecule has 0 spiro atoms. The third-order valence-corrected chi connectivity index (χ3v) is 6.58. The number of aryl methyl sites for hydroxylation is 2. The van der Waals surface area contributed by atoms with Crippen LogP contribution >= 0.6 is 0 Å². The molecule has 0 radical (unpaired) electrons. The maximum Gasteiger partial charge on any atom is 0.255 e. The van der Waals surface area contributed by atoms with E-state index in [0.29, 0.717) is 29.3 Å². The van der Waals surface area contributed by atoms with Gasteiger partial charge in [-0.3, -0.25) is 4.79 Å². The predicted molar refractivity (Wildman–Crippen MR) is 150 cm³/mol. The second-order valence-electron chi connectivity index (χ2n) is 9.07. The zero-order valence-corrected chi connectivity index (χ0v) is 21.9. The molecule has 4 aromatic carbocycles. The number of benzene rings is 4. The molecule has 0 fully saturated rings. The normalized spacial score (nSPS) is 11.1. The molecule has 37 heavy (non-hydrogen) atoms. The van der Waals surface area contributed by atoms with Crippen molar-refractivity contribution in [2.45, 2.75) is 20.5 Å². The fraction of sp³-hybridized carbons (Fsp3) is 0.167. The van der Waals surface area contributed by atoms with Crippen molar-refractivity contribution in [3.63, 3.8) is 0 Å². The van der Waals surface area contributed by atoms with Gasteiger partial charge in [0.05, 0.1) is 5.69 Å². The number of carbonyl (C=O) groups is 1. The first-order valence-electron chi connectivity index (χ1n) is 11.9. The molecule has 0 heterocycles. The minimum absolute atomic E-state index is 0.230. The lowest BCUT2D eigenvalue weighted by Crippen LogP contribution is -2.14. The third-order valence-electron chi connectivity index (χ3n) is 5.91. The molecule has 0 aliphatic heterocycles. The van der Waals surface area contributed by atoms with Gasteiger partial charge in [-0.15, -0.1) is 0 Å². The maximum atomic E-state index is 12.9. The number of sulfone groups is 1. The van der Waals surface area contributed by atoms with E-state index in [2.05, 4.69) is 16.7 Å². The van der Waals surface area contributed by atoms with E-state index in [0.717, 1.165) is 34.1 Å². The van der Waals surface area contributed by atoms with Crippen LogP contribution in [0.15, 0.2) is 91.0 Å². The molecule has 6 nitrogen and oxygen atoms in total. The number of anilines is 2. The second kappa shape index (κ2) is 11.3. The summed E-state index contributed by atoms with van der Waals surface area (Å²) in [6, 6.07) is 28.6. The van der Waals surface area contributed by atoms with Crippen LogP contribution in [0.1, 0.15) is 27.0 Å². The van der Waals surface area contributed by atoms with Crippen LogP contribution in [0.4, 0.5) is 11.4 Å². The van der Waals surface area contributed by atoms with E-state index in [9.17, 15) is 13.2 Å². The first kappa shape index (κ1) is 26.0. The van der Waals surface area contributed by atoms with Crippen molar-refractivity contribution >= 4 is 27.1 Å². The largest absolute Gasteiger partial charge is 0.487 e. The Kier molecular flexibility index (Phi) is 7.94. The van der Waals surface area contributed by atoms with E-state index in [1.165, 1.54) is 0 Å². The van der Waals surface area contributed by atoms with E-state index < -0.39 is 9.84 Å². The van der Waals surface area contributed by atoms with Crippen LogP contribution in [-0.2, 0) is 16.4 Å². The molecule has 0 aromatic heterocycles. The summed E-state index contributed by atoms with van der Waals surface area (Å²) in [6.45, 7) is 4.34. The van der Waals surface area contributed by atoms with E-state index in [1.807, 2.05) is 68.4 Å². The lowest BCUT2D eigenvalue weighted by atomic mass is 10.0. The average Bonchev–Trinajstić information content (AvgIpc) is 2.88. The Morgan fingerprint density at radius 3 is 2.24 bits per heavy atom. The fourth-order valence-electron chi connectivity index (χ4n) is 3.83. The van der Waals surface area contributed by atoms with Gasteiger partial charge in [-0.2, -0.15) is 0 Å². The van der Waals surface area contributed by atoms with Crippen LogP contribution in [0.3, 0.4) is 0 Å². The van der Waals surface area contributed by atoms with Crippen molar-refractivity contribution in [2.24, 2.45) is 0 Å². The minimum atomic E-state index is -3.24. The molecule has 0 aliphatic rings. The first-order valence-corrected chi connectivity index (χ1v) is 14.0. The van der Waals surface area contributed by atoms with Gasteiger partial charge in [-0.05, 0) is 60.4 Å². The highest BCUT2D eigenvalue weighted by Gasteiger charge is 2.12. The van der Waals surface area contributed by atoms with Gasteiger partial charge in [0, 0.05) is 23.6 Å². The Hall–Kier alpha value is -4.10. The lowest BCUT2D eigenvalue weighted by Gasteiger charge is -2.16. The van der Waals surface area contributed by atoms with Crippen molar-refractivity contribution in [3.05, 3.63) is 113 Å². The number of nitrogens with one attached hydrogen (secondary N) is 2. The molecule has 7 heteroatoms. The molecule has 0 aliphatic carbocycles. The second-order valence-corrected chi connectivity index (χ2v) is 11.2. The predicted octanol–water partition coefficient (Wildman–Crippen LogP) is 6.22. The monoisotopic (exact) mass is 514 g/mol. The fourth-order valence-corrected chi connectivity index (χ4v) is 4.25. The average molecular weight is 515 g/mol. The van der Waals surface area contributed by atoms with E-state index >= 15 is 0 Å². The summed E-state index contributed by atoms with van der Waals surface area (Å²) in [4.78, 5) is 12.9. The SMILES string of the molecule is Cc1ccc(C)c(COc2cc(NC(=O)c3ccc(-c4ccccc4)cc3)ccc2NCS(C)(=O)=O)c1. The molecule has 2 N–H and O–H groups in total. The number of amides is 1. The van der Waals surface area contributed by atoms with Crippen LogP contribution in [0.2, 0.25) is 0 Å². The summed E-state index contributed by atoms with van der Waals surface area (Å²) in [7, 11) is -3.24. The Balaban J connectivity index is 1.53. The zero-order chi connectivity index (χ0) is 26.4. The summed E-state index contributed by atoms with van der Waals surface area (Å²) in [5.74, 6) is -0.0366. The smallest absolute Gasteiger partial charge is 0.255 e. The van der Waals surface area contributed by atoms with E-state index in [-0.39, 0.29) is 11.8 Å². The molecular formula is C30H30N2O4S. The molecule has 0 saturated heterocycles. The van der Waals surface area contributed by atoms with E-state index in [4.69, 9.17) is 4.74 Å². The standard InChI is InChI=1S/C30H30N2O4S/c1-21-9-10-22(2)26(17-21)19-36-29-18-27(15-16-28(29)31-20-37(3,34)35)32-30(33)25-13-11-24(12-14-25)23-7-5-4-6-8-23/h4-18,31H,19-20H2,1-3H3,(H,32,33). The highest BCUT2D eigenvalue weighted by Crippen LogP contribution is 2.30. The minimum Gasteiger partial charge on any atom is -0.487 e. The molecule has 0 bridgehead atoms. The Bertz CT molecular complexity index is 1500. The van der Waals surface area contributed by atoms with Crippen LogP contribution in [-0.4, -0.2) is 26.5 Å². The van der Waals surface area contributed by atoms with Crippen molar-refractivity contribution in [3.8, 4) is 16.9 Å². The lowest BCUT2D eigenvalue weighted by molar-refractivity contribution is 0.102. The first-order chi connectivity index (χ1) is 17.7. The van der Waals surface area contributed by atoms with Gasteiger partial charge in [0.25, 0.3) is 5.91 Å². The topological polar surface area (TPSA) is 84.5 Å². The summed E-state index contributed by atoms with van der Waals surface area (Å²) in [6.07, 6.45) is 1.16. The Morgan fingerprint density at radius 1 is 0.838 bits per heavy atom. The van der Waals surface area contributed by atoms with Crippen LogP contribution in [0, 0.1) is 13.8 Å². The number of rotatable bonds is 9. The van der Waals surface area contributed by atoms with Crippen LogP contribution < -0.4 is 15.4 Å². The van der Waals surface area contributed by atoms with Crippen LogP contribution in [0.5, 0.6) is 5.75 Å². The van der Waals surface area contributed by atoms with Crippen molar-refractivity contribution < 1.29 is 17.9 Å². The summed E-state index contributed by atoms with van der Waals surface area (Å²) in [5, 5.41) is 5.83. The van der Waals surface area contributed by atoms with Gasteiger partial charge >= 0.3 is 0 Å². The molecule has 4 aromatic rings. The molecule has 1 amide bonds. The van der Waals surface area contributed by atoms with Gasteiger partial charge in [-0.25, -0.2) is 8.42 Å². The third kappa shape index (κ3) is 7.21.